The number of carbonyl (C=O) groups is 1. The minimum atomic E-state index is 0.358. The predicted octanol–water partition coefficient (Wildman–Crippen LogP) is 2.12. The van der Waals surface area contributed by atoms with Gasteiger partial charge >= 0.3 is 0 Å². The third-order valence-electron chi connectivity index (χ3n) is 3.39. The van der Waals surface area contributed by atoms with Gasteiger partial charge in [-0.2, -0.15) is 0 Å². The van der Waals surface area contributed by atoms with Crippen LogP contribution in [-0.4, -0.2) is 47.9 Å². The first-order valence-corrected chi connectivity index (χ1v) is 6.67. The lowest BCUT2D eigenvalue weighted by atomic mass is 10.1. The average Bonchev–Trinajstić information content (AvgIpc) is 2.29. The van der Waals surface area contributed by atoms with E-state index in [1.54, 1.807) is 0 Å². The quantitative estimate of drug-likeness (QED) is 0.670. The van der Waals surface area contributed by atoms with Gasteiger partial charge in [0.1, 0.15) is 0 Å². The highest BCUT2D eigenvalue weighted by molar-refractivity contribution is 5.76. The Kier molecular flexibility index (Phi) is 5.81. The van der Waals surface area contributed by atoms with Crippen molar-refractivity contribution in [1.82, 2.24) is 9.80 Å². The van der Waals surface area contributed by atoms with Crippen LogP contribution in [0, 0.1) is 0 Å². The van der Waals surface area contributed by atoms with E-state index in [0.717, 1.165) is 39.0 Å². The summed E-state index contributed by atoms with van der Waals surface area (Å²) in [5, 5.41) is 0. The summed E-state index contributed by atoms with van der Waals surface area (Å²) in [6, 6.07) is 0.609. The van der Waals surface area contributed by atoms with Crippen molar-refractivity contribution in [3.63, 3.8) is 0 Å². The second-order valence-electron chi connectivity index (χ2n) is 4.97. The van der Waals surface area contributed by atoms with Gasteiger partial charge in [0.15, 0.2) is 0 Å². The summed E-state index contributed by atoms with van der Waals surface area (Å²) in [6.45, 7) is 10.5. The molecule has 0 unspecified atom stereocenters. The van der Waals surface area contributed by atoms with Crippen LogP contribution in [0.15, 0.2) is 0 Å². The Balaban J connectivity index is 2.22. The molecule has 3 heteroatoms. The second-order valence-corrected chi connectivity index (χ2v) is 4.97. The number of hydrogen-bond donors (Lipinski definition) is 0. The minimum Gasteiger partial charge on any atom is -0.340 e. The van der Waals surface area contributed by atoms with Gasteiger partial charge in [0, 0.05) is 38.6 Å². The third kappa shape index (κ3) is 4.12. The van der Waals surface area contributed by atoms with Gasteiger partial charge in [-0.3, -0.25) is 9.69 Å². The maximum absolute atomic E-state index is 11.9. The van der Waals surface area contributed by atoms with Gasteiger partial charge in [0.2, 0.25) is 5.91 Å². The number of hydrogen-bond acceptors (Lipinski definition) is 2. The Bertz CT molecular complexity index is 208. The van der Waals surface area contributed by atoms with Crippen LogP contribution in [0.1, 0.15) is 46.5 Å². The topological polar surface area (TPSA) is 23.6 Å². The molecule has 1 heterocycles. The van der Waals surface area contributed by atoms with Crippen molar-refractivity contribution in [2.75, 3.05) is 26.2 Å². The number of nitrogens with zero attached hydrogens (tertiary/aromatic N) is 2. The lowest BCUT2D eigenvalue weighted by Crippen LogP contribution is -2.50. The second kappa shape index (κ2) is 6.89. The van der Waals surface area contributed by atoms with Crippen molar-refractivity contribution in [2.45, 2.75) is 52.5 Å². The SMILES string of the molecule is CCCCCC(=O)N1CCN(C(C)C)CC1. The summed E-state index contributed by atoms with van der Waals surface area (Å²) in [7, 11) is 0. The van der Waals surface area contributed by atoms with E-state index in [2.05, 4.69) is 25.7 Å². The lowest BCUT2D eigenvalue weighted by molar-refractivity contribution is -0.133. The lowest BCUT2D eigenvalue weighted by Gasteiger charge is -2.37. The van der Waals surface area contributed by atoms with Gasteiger partial charge in [-0.25, -0.2) is 0 Å². The molecule has 0 radical (unpaired) electrons. The number of amides is 1. The molecule has 0 aromatic heterocycles. The molecule has 1 aliphatic heterocycles. The Labute approximate surface area is 99.8 Å². The molecular weight excluding hydrogens is 200 g/mol. The van der Waals surface area contributed by atoms with Crippen molar-refractivity contribution in [2.24, 2.45) is 0 Å². The van der Waals surface area contributed by atoms with Gasteiger partial charge in [-0.15, -0.1) is 0 Å². The third-order valence-corrected chi connectivity index (χ3v) is 3.39. The maximum Gasteiger partial charge on any atom is 0.222 e. The standard InChI is InChI=1S/C13H26N2O/c1-4-5-6-7-13(16)15-10-8-14(9-11-15)12(2)3/h12H,4-11H2,1-3H3. The predicted molar refractivity (Wildman–Crippen MR) is 67.4 cm³/mol. The van der Waals surface area contributed by atoms with E-state index in [-0.39, 0.29) is 0 Å². The summed E-state index contributed by atoms with van der Waals surface area (Å²) >= 11 is 0. The monoisotopic (exact) mass is 226 g/mol. The Morgan fingerprint density at radius 1 is 1.12 bits per heavy atom. The summed E-state index contributed by atoms with van der Waals surface area (Å²) in [5.41, 5.74) is 0. The molecule has 0 N–H and O–H groups in total. The molecule has 0 aromatic rings. The van der Waals surface area contributed by atoms with Crippen molar-refractivity contribution < 1.29 is 4.79 Å². The van der Waals surface area contributed by atoms with Crippen LogP contribution in [0.2, 0.25) is 0 Å². The van der Waals surface area contributed by atoms with Crippen molar-refractivity contribution in [3.05, 3.63) is 0 Å². The normalized spacial score (nSPS) is 18.1. The van der Waals surface area contributed by atoms with Crippen LogP contribution < -0.4 is 0 Å². The molecule has 1 saturated heterocycles. The van der Waals surface area contributed by atoms with E-state index in [1.807, 2.05) is 4.90 Å². The maximum atomic E-state index is 11.9. The van der Waals surface area contributed by atoms with Gasteiger partial charge in [-0.1, -0.05) is 19.8 Å². The molecule has 1 amide bonds. The van der Waals surface area contributed by atoms with Gasteiger partial charge in [0.25, 0.3) is 0 Å². The summed E-state index contributed by atoms with van der Waals surface area (Å²) in [5.74, 6) is 0.358. The summed E-state index contributed by atoms with van der Waals surface area (Å²) in [4.78, 5) is 16.3. The molecule has 0 aromatic carbocycles. The Hall–Kier alpha value is -0.570. The number of unbranched alkanes of at least 4 members (excludes halogenated alkanes) is 2. The highest BCUT2D eigenvalue weighted by atomic mass is 16.2. The molecule has 16 heavy (non-hydrogen) atoms. The van der Waals surface area contributed by atoms with Gasteiger partial charge < -0.3 is 4.90 Å². The van der Waals surface area contributed by atoms with E-state index in [1.165, 1.54) is 12.8 Å². The smallest absolute Gasteiger partial charge is 0.222 e. The molecule has 0 aliphatic carbocycles. The molecular formula is C13H26N2O. The fraction of sp³-hybridized carbons (Fsp3) is 0.923. The molecule has 3 nitrogen and oxygen atoms in total. The van der Waals surface area contributed by atoms with E-state index < -0.39 is 0 Å². The van der Waals surface area contributed by atoms with Crippen LogP contribution in [0.3, 0.4) is 0 Å². The largest absolute Gasteiger partial charge is 0.340 e. The zero-order valence-corrected chi connectivity index (χ0v) is 11.0. The molecule has 0 bridgehead atoms. The van der Waals surface area contributed by atoms with Crippen LogP contribution in [0.25, 0.3) is 0 Å². The zero-order chi connectivity index (χ0) is 12.0. The number of piperazine rings is 1. The number of carbonyl (C=O) groups excluding carboxylic acids is 1. The fourth-order valence-corrected chi connectivity index (χ4v) is 2.17. The van der Waals surface area contributed by atoms with Crippen molar-refractivity contribution in [3.8, 4) is 0 Å². The fourth-order valence-electron chi connectivity index (χ4n) is 2.17. The van der Waals surface area contributed by atoms with Crippen LogP contribution in [-0.2, 0) is 4.79 Å². The first-order valence-electron chi connectivity index (χ1n) is 6.67. The zero-order valence-electron chi connectivity index (χ0n) is 11.0. The van der Waals surface area contributed by atoms with E-state index >= 15 is 0 Å². The molecule has 94 valence electrons. The minimum absolute atomic E-state index is 0.358. The summed E-state index contributed by atoms with van der Waals surface area (Å²) in [6.07, 6.45) is 4.17. The highest BCUT2D eigenvalue weighted by Crippen LogP contribution is 2.09. The molecule has 1 rings (SSSR count). The van der Waals surface area contributed by atoms with Crippen LogP contribution >= 0.6 is 0 Å². The summed E-state index contributed by atoms with van der Waals surface area (Å²) < 4.78 is 0. The van der Waals surface area contributed by atoms with E-state index in [9.17, 15) is 4.79 Å². The van der Waals surface area contributed by atoms with Crippen molar-refractivity contribution in [1.29, 1.82) is 0 Å². The molecule has 1 fully saturated rings. The number of rotatable bonds is 5. The molecule has 0 spiro atoms. The van der Waals surface area contributed by atoms with E-state index in [4.69, 9.17) is 0 Å². The first-order chi connectivity index (χ1) is 7.65. The Morgan fingerprint density at radius 3 is 2.25 bits per heavy atom. The molecule has 0 atom stereocenters. The van der Waals surface area contributed by atoms with E-state index in [0.29, 0.717) is 11.9 Å². The molecule has 0 saturated carbocycles. The average molecular weight is 226 g/mol. The first kappa shape index (κ1) is 13.5. The van der Waals surface area contributed by atoms with Crippen molar-refractivity contribution >= 4 is 5.91 Å². The van der Waals surface area contributed by atoms with Gasteiger partial charge in [-0.05, 0) is 20.3 Å². The Morgan fingerprint density at radius 2 is 1.75 bits per heavy atom. The van der Waals surface area contributed by atoms with Crippen LogP contribution in [0.4, 0.5) is 0 Å². The van der Waals surface area contributed by atoms with Gasteiger partial charge in [0.05, 0.1) is 0 Å². The highest BCUT2D eigenvalue weighted by Gasteiger charge is 2.21. The van der Waals surface area contributed by atoms with Crippen LogP contribution in [0.5, 0.6) is 0 Å². The molecule has 1 aliphatic rings.